The van der Waals surface area contributed by atoms with Crippen LogP contribution in [0, 0.1) is 0 Å². The maximum absolute atomic E-state index is 5.57. The first kappa shape index (κ1) is 17.5. The predicted molar refractivity (Wildman–Crippen MR) is 86.5 cm³/mol. The average molecular weight is 422 g/mol. The molecule has 0 aliphatic heterocycles. The quantitative estimate of drug-likeness (QED) is 0.583. The van der Waals surface area contributed by atoms with Gasteiger partial charge in [0.2, 0.25) is 0 Å². The summed E-state index contributed by atoms with van der Waals surface area (Å²) < 4.78 is 0. The Morgan fingerprint density at radius 1 is 1.00 bits per heavy atom. The zero-order chi connectivity index (χ0) is 11.8. The summed E-state index contributed by atoms with van der Waals surface area (Å²) >= 11 is 0. The van der Waals surface area contributed by atoms with E-state index < -0.39 is 20.8 Å². The molecule has 0 saturated carbocycles. The third-order valence-electron chi connectivity index (χ3n) is 1.43. The molecule has 15 heavy (non-hydrogen) atoms. The fraction of sp³-hybridized carbons (Fsp3) is 1.00. The summed E-state index contributed by atoms with van der Waals surface area (Å²) in [6.07, 6.45) is 0. The summed E-state index contributed by atoms with van der Waals surface area (Å²) in [6, 6.07) is 0. The van der Waals surface area contributed by atoms with Crippen molar-refractivity contribution in [2.45, 2.75) is 24.3 Å². The molecule has 9 heteroatoms. The molecule has 0 rings (SSSR count). The van der Waals surface area contributed by atoms with Crippen molar-refractivity contribution in [3.05, 3.63) is 0 Å². The van der Waals surface area contributed by atoms with E-state index >= 15 is 0 Å². The summed E-state index contributed by atoms with van der Waals surface area (Å²) in [4.78, 5) is 0. The van der Waals surface area contributed by atoms with Crippen molar-refractivity contribution >= 4 is 70.3 Å². The molecule has 88 valence electrons. The number of rotatable bonds is 8. The van der Waals surface area contributed by atoms with E-state index in [0.29, 0.717) is 10.5 Å². The minimum atomic E-state index is -1.42. The van der Waals surface area contributed by atoms with Crippen molar-refractivity contribution in [3.8, 4) is 0 Å². The van der Waals surface area contributed by atoms with Crippen LogP contribution < -0.4 is 11.5 Å². The van der Waals surface area contributed by atoms with E-state index in [1.165, 1.54) is 0 Å². The van der Waals surface area contributed by atoms with Gasteiger partial charge in [0.1, 0.15) is 0 Å². The van der Waals surface area contributed by atoms with Gasteiger partial charge in [-0.2, -0.15) is 0 Å². The second-order valence-corrected chi connectivity index (χ2v) is 39.0. The van der Waals surface area contributed by atoms with Crippen molar-refractivity contribution in [2.75, 3.05) is 13.1 Å². The zero-order valence-electron chi connectivity index (χ0n) is 8.76. The number of hydrogen-bond acceptors (Lipinski definition) is 7. The maximum atomic E-state index is 5.57. The second-order valence-electron chi connectivity index (χ2n) is 2.93. The average Bonchev–Trinajstić information content (AvgIpc) is 2.16. The third-order valence-corrected chi connectivity index (χ3v) is 56.8. The zero-order valence-corrected chi connectivity index (χ0v) is 17.0. The molecule has 2 nitrogen and oxygen atoms in total. The first-order valence-electron chi connectivity index (χ1n) is 4.48. The Kier molecular flexibility index (Phi) is 12.2. The molecule has 0 aromatic rings. The van der Waals surface area contributed by atoms with Gasteiger partial charge >= 0.3 is 119 Å². The van der Waals surface area contributed by atoms with Crippen LogP contribution in [0.4, 0.5) is 0 Å². The van der Waals surface area contributed by atoms with E-state index in [-0.39, 0.29) is 0 Å². The van der Waals surface area contributed by atoms with Gasteiger partial charge in [0, 0.05) is 0 Å². The Hall–Kier alpha value is 2.50. The Bertz CT molecular complexity index is 206. The van der Waals surface area contributed by atoms with E-state index in [1.807, 2.05) is 28.6 Å². The second kappa shape index (κ2) is 10.4. The Balaban J connectivity index is 3.81. The van der Waals surface area contributed by atoms with Crippen LogP contribution in [0.5, 0.6) is 0 Å². The Morgan fingerprint density at radius 2 is 1.33 bits per heavy atom. The van der Waals surface area contributed by atoms with Crippen LogP contribution in [0.15, 0.2) is 0 Å². The van der Waals surface area contributed by atoms with Crippen molar-refractivity contribution in [1.29, 1.82) is 0 Å². The molecule has 0 radical (unpaired) electrons. The van der Waals surface area contributed by atoms with Gasteiger partial charge in [-0.25, -0.2) is 0 Å². The SMILES string of the molecule is CC(CN)[S][Ge](=[S])[S][Ge](=[S])[S]C(C)CN. The fourth-order valence-electron chi connectivity index (χ4n) is 0.541. The van der Waals surface area contributed by atoms with Gasteiger partial charge in [0.25, 0.3) is 0 Å². The van der Waals surface area contributed by atoms with E-state index in [0.717, 1.165) is 13.1 Å². The van der Waals surface area contributed by atoms with Crippen molar-refractivity contribution in [1.82, 2.24) is 0 Å². The van der Waals surface area contributed by atoms with Crippen molar-refractivity contribution in [3.63, 3.8) is 0 Å². The van der Waals surface area contributed by atoms with Crippen LogP contribution >= 0.6 is 49.5 Å². The van der Waals surface area contributed by atoms with Gasteiger partial charge in [-0.15, -0.1) is 0 Å². The van der Waals surface area contributed by atoms with E-state index in [1.54, 1.807) is 0 Å². The van der Waals surface area contributed by atoms with E-state index in [2.05, 4.69) is 13.8 Å². The van der Waals surface area contributed by atoms with Crippen LogP contribution in [0.2, 0.25) is 0 Å². The molecule has 4 N–H and O–H groups in total. The van der Waals surface area contributed by atoms with Gasteiger partial charge in [-0.05, 0) is 0 Å². The predicted octanol–water partition coefficient (Wildman–Crippen LogP) is 2.25. The number of hydrogen-bond donors (Lipinski definition) is 2. The van der Waals surface area contributed by atoms with Gasteiger partial charge in [-0.1, -0.05) is 0 Å². The van der Waals surface area contributed by atoms with Gasteiger partial charge in [-0.3, -0.25) is 0 Å². The summed E-state index contributed by atoms with van der Waals surface area (Å²) in [5, 5.41) is 1.01. The van der Waals surface area contributed by atoms with Crippen LogP contribution in [-0.2, 0) is 0 Å². The molecule has 0 saturated heterocycles. The Morgan fingerprint density at radius 3 is 1.60 bits per heavy atom. The molecular weight excluding hydrogens is 406 g/mol. The molecule has 0 fully saturated rings. The molecule has 2 atom stereocenters. The molecule has 2 unspecified atom stereocenters. The summed E-state index contributed by atoms with van der Waals surface area (Å²) in [5.41, 5.74) is 11.1. The molecule has 0 amide bonds. The van der Waals surface area contributed by atoms with Crippen LogP contribution in [-0.4, -0.2) is 44.4 Å². The third kappa shape index (κ3) is 10.1. The standard InChI is InChI=1S/C6H16Ge2N2S5/c1-5(3-9)13-7(11)15-8(12)14-6(2)4-10/h5-6H,3-4,9-10H2,1-2H3. The van der Waals surface area contributed by atoms with Crippen molar-refractivity contribution < 1.29 is 0 Å². The van der Waals surface area contributed by atoms with Crippen LogP contribution in [0.25, 0.3) is 0 Å². The van der Waals surface area contributed by atoms with E-state index in [9.17, 15) is 0 Å². The minimum absolute atomic E-state index is 0.503. The molecular formula is C6H16Ge2N2S5. The molecule has 0 aliphatic carbocycles. The topological polar surface area (TPSA) is 52.0 Å². The van der Waals surface area contributed by atoms with Gasteiger partial charge in [0.15, 0.2) is 0 Å². The molecule has 0 bridgehead atoms. The van der Waals surface area contributed by atoms with Crippen molar-refractivity contribution in [2.24, 2.45) is 11.5 Å². The van der Waals surface area contributed by atoms with Gasteiger partial charge < -0.3 is 0 Å². The first-order chi connectivity index (χ1) is 6.99. The summed E-state index contributed by atoms with van der Waals surface area (Å²) in [6.45, 7) is 5.72. The fourth-order valence-corrected chi connectivity index (χ4v) is 78.2. The van der Waals surface area contributed by atoms with E-state index in [4.69, 9.17) is 32.4 Å². The normalized spacial score (nSPS) is 14.7. The molecule has 0 aromatic carbocycles. The Labute approximate surface area is 118 Å². The molecule has 0 aromatic heterocycles. The molecule has 0 aliphatic rings. The molecule has 0 spiro atoms. The van der Waals surface area contributed by atoms with Crippen LogP contribution in [0.1, 0.15) is 13.8 Å². The van der Waals surface area contributed by atoms with Gasteiger partial charge in [0.05, 0.1) is 0 Å². The summed E-state index contributed by atoms with van der Waals surface area (Å²) in [7, 11) is 14.0. The number of nitrogens with two attached hydrogens (primary N) is 2. The molecule has 0 heterocycles. The monoisotopic (exact) mass is 424 g/mol. The van der Waals surface area contributed by atoms with Crippen LogP contribution in [0.3, 0.4) is 0 Å². The summed E-state index contributed by atoms with van der Waals surface area (Å²) in [5.74, 6) is 0. The first-order valence-corrected chi connectivity index (χ1v) is 23.3.